The maximum absolute atomic E-state index is 5.82. The van der Waals surface area contributed by atoms with Crippen molar-refractivity contribution in [2.75, 3.05) is 11.5 Å². The lowest BCUT2D eigenvalue weighted by Crippen LogP contribution is -2.03. The Morgan fingerprint density at radius 3 is 3.05 bits per heavy atom. The van der Waals surface area contributed by atoms with Gasteiger partial charge in [0.25, 0.3) is 0 Å². The van der Waals surface area contributed by atoms with Crippen LogP contribution < -0.4 is 5.73 Å². The van der Waals surface area contributed by atoms with Gasteiger partial charge in [-0.3, -0.25) is 0 Å². The van der Waals surface area contributed by atoms with E-state index in [9.17, 15) is 0 Å². The number of nitrogens with zero attached hydrogens (tertiary/aromatic N) is 1. The number of hydrogen-bond donors (Lipinski definition) is 1. The zero-order valence-electron chi connectivity index (χ0n) is 11.3. The molecule has 0 aliphatic carbocycles. The van der Waals surface area contributed by atoms with E-state index in [-0.39, 0.29) is 0 Å². The number of nitrogens with two attached hydrogens (primary N) is 1. The lowest BCUT2D eigenvalue weighted by atomic mass is 10.1. The van der Waals surface area contributed by atoms with Crippen LogP contribution in [0.3, 0.4) is 0 Å². The van der Waals surface area contributed by atoms with Gasteiger partial charge in [-0.25, -0.2) is 4.98 Å². The second-order valence-corrected chi connectivity index (χ2v) is 8.71. The molecule has 0 radical (unpaired) electrons. The third-order valence-corrected chi connectivity index (χ3v) is 7.35. The van der Waals surface area contributed by atoms with Gasteiger partial charge in [-0.2, -0.15) is 0 Å². The molecular weight excluding hydrogens is 316 g/mol. The van der Waals surface area contributed by atoms with Crippen LogP contribution in [0, 0.1) is 0 Å². The second kappa shape index (κ2) is 5.55. The summed E-state index contributed by atoms with van der Waals surface area (Å²) in [7, 11) is 0. The van der Waals surface area contributed by atoms with Gasteiger partial charge in [0.1, 0.15) is 0 Å². The van der Waals surface area contributed by atoms with Crippen LogP contribution in [0.4, 0.5) is 5.69 Å². The molecule has 1 unspecified atom stereocenters. The smallest absolute Gasteiger partial charge is 0.151 e. The summed E-state index contributed by atoms with van der Waals surface area (Å²) in [6, 6.07) is 14.7. The molecule has 106 valence electrons. The van der Waals surface area contributed by atoms with Crippen LogP contribution in [0.5, 0.6) is 0 Å². The van der Waals surface area contributed by atoms with Crippen LogP contribution in [0.2, 0.25) is 0 Å². The average Bonchev–Trinajstić information content (AvgIpc) is 3.07. The van der Waals surface area contributed by atoms with Crippen LogP contribution in [0.15, 0.2) is 51.7 Å². The summed E-state index contributed by atoms with van der Waals surface area (Å²) in [6.45, 7) is 0. The zero-order valence-corrected chi connectivity index (χ0v) is 13.7. The summed E-state index contributed by atoms with van der Waals surface area (Å²) in [4.78, 5) is 6.13. The van der Waals surface area contributed by atoms with Crippen molar-refractivity contribution in [3.05, 3.63) is 48.0 Å². The minimum atomic E-state index is 0.657. The summed E-state index contributed by atoms with van der Waals surface area (Å²) >= 11 is 5.61. The summed E-state index contributed by atoms with van der Waals surface area (Å²) in [5, 5.41) is 0.657. The van der Waals surface area contributed by atoms with E-state index >= 15 is 0 Å². The molecule has 3 aromatic rings. The molecule has 4 rings (SSSR count). The Morgan fingerprint density at radius 1 is 1.24 bits per heavy atom. The molecule has 2 N–H and O–H groups in total. The number of fused-ring (bicyclic) bond motifs is 2. The van der Waals surface area contributed by atoms with Gasteiger partial charge >= 0.3 is 0 Å². The highest BCUT2D eigenvalue weighted by atomic mass is 32.2. The topological polar surface area (TPSA) is 38.9 Å². The van der Waals surface area contributed by atoms with Gasteiger partial charge in [0.2, 0.25) is 0 Å². The largest absolute Gasteiger partial charge is 0.399 e. The first-order valence-corrected chi connectivity index (χ1v) is 9.49. The molecule has 0 saturated heterocycles. The van der Waals surface area contributed by atoms with Crippen LogP contribution in [-0.4, -0.2) is 16.0 Å². The summed E-state index contributed by atoms with van der Waals surface area (Å²) < 4.78 is 2.33. The van der Waals surface area contributed by atoms with Gasteiger partial charge in [-0.15, -0.1) is 23.1 Å². The van der Waals surface area contributed by atoms with Gasteiger partial charge in [0.15, 0.2) is 4.34 Å². The summed E-state index contributed by atoms with van der Waals surface area (Å²) in [6.07, 6.45) is 1.17. The van der Waals surface area contributed by atoms with E-state index < -0.39 is 0 Å². The van der Waals surface area contributed by atoms with Gasteiger partial charge in [0, 0.05) is 21.6 Å². The normalized spacial score (nSPS) is 17.2. The van der Waals surface area contributed by atoms with Gasteiger partial charge in [-0.05, 0) is 36.2 Å². The number of rotatable bonds is 3. The van der Waals surface area contributed by atoms with E-state index in [0.29, 0.717) is 5.25 Å². The fraction of sp³-hybridized carbons (Fsp3) is 0.188. The van der Waals surface area contributed by atoms with Crippen molar-refractivity contribution in [3.63, 3.8) is 0 Å². The van der Waals surface area contributed by atoms with E-state index in [1.165, 1.54) is 21.6 Å². The quantitative estimate of drug-likeness (QED) is 0.559. The highest BCUT2D eigenvalue weighted by molar-refractivity contribution is 8.04. The number of nitrogen functional groups attached to an aromatic ring is 1. The van der Waals surface area contributed by atoms with Crippen LogP contribution >= 0.6 is 34.9 Å². The molecule has 1 aliphatic heterocycles. The predicted molar refractivity (Wildman–Crippen MR) is 94.5 cm³/mol. The molecule has 1 aromatic heterocycles. The predicted octanol–water partition coefficient (Wildman–Crippen LogP) is 4.69. The number of thioether (sulfide) groups is 2. The summed E-state index contributed by atoms with van der Waals surface area (Å²) in [5.74, 6) is 1.11. The molecule has 2 aromatic carbocycles. The Hall–Kier alpha value is -1.17. The van der Waals surface area contributed by atoms with E-state index in [1.807, 2.05) is 41.7 Å². The molecule has 0 saturated carbocycles. The first kappa shape index (κ1) is 13.5. The Bertz CT molecular complexity index is 772. The standard InChI is InChI=1S/C16H14N2S3/c17-11-5-6-13-15(8-11)21-16(18-13)19-9-12-7-10-3-1-2-4-14(10)20-12/h1-6,8,12H,7,9,17H2. The molecule has 0 bridgehead atoms. The fourth-order valence-electron chi connectivity index (χ4n) is 2.49. The Morgan fingerprint density at radius 2 is 2.14 bits per heavy atom. The van der Waals surface area contributed by atoms with E-state index in [1.54, 1.807) is 11.3 Å². The Balaban J connectivity index is 1.45. The lowest BCUT2D eigenvalue weighted by Gasteiger charge is -2.05. The lowest BCUT2D eigenvalue weighted by molar-refractivity contribution is 0.970. The van der Waals surface area contributed by atoms with Crippen molar-refractivity contribution in [1.29, 1.82) is 0 Å². The first-order chi connectivity index (χ1) is 10.3. The van der Waals surface area contributed by atoms with Crippen LogP contribution in [0.25, 0.3) is 10.2 Å². The van der Waals surface area contributed by atoms with Crippen molar-refractivity contribution in [3.8, 4) is 0 Å². The maximum Gasteiger partial charge on any atom is 0.151 e. The first-order valence-electron chi connectivity index (χ1n) is 6.81. The average molecular weight is 331 g/mol. The molecule has 0 fully saturated rings. The van der Waals surface area contributed by atoms with Crippen molar-refractivity contribution >= 4 is 50.8 Å². The fourth-order valence-corrected chi connectivity index (χ4v) is 6.11. The SMILES string of the molecule is Nc1ccc2nc(SCC3Cc4ccccc4S3)sc2c1. The van der Waals surface area contributed by atoms with Crippen molar-refractivity contribution in [2.24, 2.45) is 0 Å². The van der Waals surface area contributed by atoms with E-state index in [4.69, 9.17) is 5.73 Å². The van der Waals surface area contributed by atoms with E-state index in [2.05, 4.69) is 29.2 Å². The third kappa shape index (κ3) is 2.78. The Kier molecular flexibility index (Phi) is 3.57. The number of anilines is 1. The minimum Gasteiger partial charge on any atom is -0.399 e. The number of benzene rings is 2. The van der Waals surface area contributed by atoms with Gasteiger partial charge in [0.05, 0.1) is 10.2 Å². The molecule has 1 atom stereocenters. The number of thiazole rings is 1. The van der Waals surface area contributed by atoms with Crippen molar-refractivity contribution in [2.45, 2.75) is 20.9 Å². The number of aromatic nitrogens is 1. The molecular formula is C16H14N2S3. The zero-order chi connectivity index (χ0) is 14.2. The molecule has 0 spiro atoms. The van der Waals surface area contributed by atoms with Gasteiger partial charge < -0.3 is 5.73 Å². The minimum absolute atomic E-state index is 0.657. The second-order valence-electron chi connectivity index (χ2n) is 5.07. The van der Waals surface area contributed by atoms with E-state index in [0.717, 1.165) is 21.3 Å². The molecule has 0 amide bonds. The van der Waals surface area contributed by atoms with Crippen molar-refractivity contribution in [1.82, 2.24) is 4.98 Å². The Labute approximate surface area is 136 Å². The molecule has 1 aliphatic rings. The molecule has 5 heteroatoms. The maximum atomic E-state index is 5.82. The van der Waals surface area contributed by atoms with Crippen LogP contribution in [0.1, 0.15) is 5.56 Å². The molecule has 21 heavy (non-hydrogen) atoms. The molecule has 2 heterocycles. The number of hydrogen-bond acceptors (Lipinski definition) is 5. The third-order valence-electron chi connectivity index (χ3n) is 3.50. The highest BCUT2D eigenvalue weighted by Crippen LogP contribution is 2.40. The van der Waals surface area contributed by atoms with Gasteiger partial charge in [-0.1, -0.05) is 30.0 Å². The monoisotopic (exact) mass is 330 g/mol. The van der Waals surface area contributed by atoms with Crippen molar-refractivity contribution < 1.29 is 0 Å². The molecule has 2 nitrogen and oxygen atoms in total. The van der Waals surface area contributed by atoms with Crippen LogP contribution in [-0.2, 0) is 6.42 Å². The highest BCUT2D eigenvalue weighted by Gasteiger charge is 2.22. The summed E-state index contributed by atoms with van der Waals surface area (Å²) in [5.41, 5.74) is 9.18.